The average molecular weight is 947 g/mol. The van der Waals surface area contributed by atoms with E-state index in [-0.39, 0.29) is 121 Å². The van der Waals surface area contributed by atoms with Gasteiger partial charge >= 0.3 is 43.6 Å². The van der Waals surface area contributed by atoms with Gasteiger partial charge < -0.3 is 37.5 Å². The molecule has 356 valence electrons. The van der Waals surface area contributed by atoms with E-state index in [2.05, 4.69) is 0 Å². The normalized spacial score (nSPS) is 10.9. The number of esters is 6. The maximum Gasteiger partial charge on any atom is 0.584 e. The molecule has 0 aromatic heterocycles. The van der Waals surface area contributed by atoms with Crippen molar-refractivity contribution in [2.24, 2.45) is 0 Å². The molecule has 0 bridgehead atoms. The zero-order valence-corrected chi connectivity index (χ0v) is 38.7. The minimum absolute atomic E-state index is 0.0245. The van der Waals surface area contributed by atoms with Gasteiger partial charge in [-0.15, -0.1) is 0 Å². The van der Waals surface area contributed by atoms with Crippen LogP contribution in [0.15, 0.2) is 72.8 Å². The molecular formula is C48H51O18P. The van der Waals surface area contributed by atoms with Crippen molar-refractivity contribution in [3.63, 3.8) is 0 Å². The van der Waals surface area contributed by atoms with Gasteiger partial charge in [-0.2, -0.15) is 0 Å². The van der Waals surface area contributed by atoms with Gasteiger partial charge in [0.2, 0.25) is 0 Å². The molecule has 18 nitrogen and oxygen atoms in total. The molecule has 0 aliphatic rings. The van der Waals surface area contributed by atoms with Crippen molar-refractivity contribution in [1.29, 1.82) is 0 Å². The fraction of sp³-hybridized carbons (Fsp3) is 0.333. The number of phosphoric ester groups is 1. The van der Waals surface area contributed by atoms with E-state index in [1.54, 1.807) is 65.8 Å². The Bertz CT molecular complexity index is 2280. The van der Waals surface area contributed by atoms with Crippen LogP contribution in [0.4, 0.5) is 0 Å². The van der Waals surface area contributed by atoms with Gasteiger partial charge in [-0.05, 0) is 48.2 Å². The highest BCUT2D eigenvalue weighted by Gasteiger charge is 2.28. The van der Waals surface area contributed by atoms with Crippen LogP contribution < -0.4 is 37.5 Å². The lowest BCUT2D eigenvalue weighted by atomic mass is 10.0. The number of phosphoric acid groups is 1. The van der Waals surface area contributed by atoms with Gasteiger partial charge in [-0.3, -0.25) is 43.2 Å². The van der Waals surface area contributed by atoms with Gasteiger partial charge in [0.25, 0.3) is 0 Å². The number of hydrogen-bond donors (Lipinski definition) is 1. The Morgan fingerprint density at radius 1 is 0.403 bits per heavy atom. The molecule has 0 unspecified atom stereocenters. The van der Waals surface area contributed by atoms with E-state index >= 15 is 0 Å². The van der Waals surface area contributed by atoms with Crippen LogP contribution in [0, 0.1) is 0 Å². The lowest BCUT2D eigenvalue weighted by molar-refractivity contribution is -0.135. The maximum atomic E-state index is 13.7. The lowest BCUT2D eigenvalue weighted by Gasteiger charge is -2.16. The predicted octanol–water partition coefficient (Wildman–Crippen LogP) is 8.77. The highest BCUT2D eigenvalue weighted by Crippen LogP contribution is 2.45. The summed E-state index contributed by atoms with van der Waals surface area (Å²) in [6.45, 7) is 9.32. The Morgan fingerprint density at radius 2 is 0.657 bits per heavy atom. The average Bonchev–Trinajstić information content (AvgIpc) is 3.30. The number of carbonyl (C=O) groups is 8. The molecule has 1 N–H and O–H groups in total. The van der Waals surface area contributed by atoms with Crippen molar-refractivity contribution < 1.29 is 85.3 Å². The summed E-state index contributed by atoms with van der Waals surface area (Å²) in [5, 5.41) is 0. The Labute approximate surface area is 386 Å². The summed E-state index contributed by atoms with van der Waals surface area (Å²) in [6.07, 6.45) is -0.197. The molecule has 0 heterocycles. The SMILES string of the molecule is CCC(=O)Oc1cc(OC(=O)CC)c(C(=O)CCc2ccc(OP(=O)(O)Oc3ccc(CCC(=O)c4c(OC(=O)CC)cc(OC(=O)CC)cc4OC(=O)CC)cc3)cc2)c(OC(=O)CC)c1. The van der Waals surface area contributed by atoms with Crippen molar-refractivity contribution >= 4 is 55.2 Å². The van der Waals surface area contributed by atoms with Gasteiger partial charge in [0.1, 0.15) is 57.1 Å². The molecule has 0 atom stereocenters. The molecule has 4 rings (SSSR count). The van der Waals surface area contributed by atoms with E-state index in [9.17, 15) is 47.8 Å². The van der Waals surface area contributed by atoms with E-state index in [1.807, 2.05) is 0 Å². The second-order valence-corrected chi connectivity index (χ2v) is 15.6. The molecule has 0 amide bonds. The summed E-state index contributed by atoms with van der Waals surface area (Å²) < 4.78 is 55.7. The zero-order chi connectivity index (χ0) is 49.3. The quantitative estimate of drug-likeness (QED) is 0.0298. The fourth-order valence-electron chi connectivity index (χ4n) is 5.79. The monoisotopic (exact) mass is 946 g/mol. The summed E-state index contributed by atoms with van der Waals surface area (Å²) >= 11 is 0. The molecule has 19 heteroatoms. The first-order chi connectivity index (χ1) is 31.9. The van der Waals surface area contributed by atoms with Gasteiger partial charge in [0.05, 0.1) is 0 Å². The first-order valence-corrected chi connectivity index (χ1v) is 23.0. The smallest absolute Gasteiger partial charge is 0.426 e. The molecule has 0 aliphatic heterocycles. The van der Waals surface area contributed by atoms with Crippen LogP contribution in [-0.2, 0) is 46.2 Å². The lowest BCUT2D eigenvalue weighted by Crippen LogP contribution is -2.15. The van der Waals surface area contributed by atoms with Gasteiger partial charge in [0.15, 0.2) is 11.6 Å². The highest BCUT2D eigenvalue weighted by molar-refractivity contribution is 7.48. The number of carbonyl (C=O) groups excluding carboxylic acids is 8. The Hall–Kier alpha value is -7.17. The van der Waals surface area contributed by atoms with Crippen LogP contribution in [0.1, 0.15) is 125 Å². The molecule has 0 radical (unpaired) electrons. The first kappa shape index (κ1) is 52.5. The fourth-order valence-corrected chi connectivity index (χ4v) is 6.61. The largest absolute Gasteiger partial charge is 0.584 e. The van der Waals surface area contributed by atoms with E-state index in [1.165, 1.54) is 48.5 Å². The standard InChI is InChI=1S/C48H51O18P/c1-7-41(51)59-33-25-37(61-43(53)9-3)47(38(26-33)62-44(54)10-4)35(49)23-17-29-13-19-31(20-14-29)65-67(57,58)66-32-21-15-30(16-22-32)18-24-36(50)48-39(63-45(55)11-5)27-34(60-42(52)8-2)28-40(48)64-46(56)12-6/h13-16,19-22,25-28H,7-12,17-18,23-24H2,1-6H3,(H,57,58). The van der Waals surface area contributed by atoms with Gasteiger partial charge in [-0.25, -0.2) is 4.57 Å². The third-order valence-electron chi connectivity index (χ3n) is 9.30. The van der Waals surface area contributed by atoms with E-state index in [0.717, 1.165) is 0 Å². The molecule has 67 heavy (non-hydrogen) atoms. The first-order valence-electron chi connectivity index (χ1n) is 21.5. The van der Waals surface area contributed by atoms with E-state index in [0.29, 0.717) is 11.1 Å². The van der Waals surface area contributed by atoms with E-state index < -0.39 is 55.2 Å². The predicted molar refractivity (Wildman–Crippen MR) is 238 cm³/mol. The minimum atomic E-state index is -4.76. The maximum absolute atomic E-state index is 13.7. The number of aryl methyl sites for hydroxylation is 2. The molecule has 4 aromatic carbocycles. The summed E-state index contributed by atoms with van der Waals surface area (Å²) in [6, 6.07) is 16.5. The number of hydrogen-bond acceptors (Lipinski definition) is 17. The second-order valence-electron chi connectivity index (χ2n) is 14.3. The summed E-state index contributed by atoms with van der Waals surface area (Å²) in [5.74, 6) is -6.40. The second kappa shape index (κ2) is 24.9. The summed E-state index contributed by atoms with van der Waals surface area (Å²) in [7, 11) is -4.76. The molecule has 0 saturated heterocycles. The zero-order valence-electron chi connectivity index (χ0n) is 37.8. The van der Waals surface area contributed by atoms with Crippen LogP contribution in [0.3, 0.4) is 0 Å². The molecule has 0 spiro atoms. The van der Waals surface area contributed by atoms with Crippen molar-refractivity contribution in [3.05, 3.63) is 95.1 Å². The molecule has 4 aromatic rings. The van der Waals surface area contributed by atoms with Crippen molar-refractivity contribution in [3.8, 4) is 46.0 Å². The Morgan fingerprint density at radius 3 is 0.910 bits per heavy atom. The van der Waals surface area contributed by atoms with E-state index in [4.69, 9.17) is 37.5 Å². The Balaban J connectivity index is 1.42. The summed E-state index contributed by atoms with van der Waals surface area (Å²) in [5.41, 5.74) is 0.800. The number of ether oxygens (including phenoxy) is 6. The Kier molecular flexibility index (Phi) is 19.5. The highest BCUT2D eigenvalue weighted by atomic mass is 31.2. The van der Waals surface area contributed by atoms with Crippen LogP contribution in [0.5, 0.6) is 46.0 Å². The van der Waals surface area contributed by atoms with Crippen LogP contribution in [0.2, 0.25) is 0 Å². The topological polar surface area (TPSA) is 248 Å². The van der Waals surface area contributed by atoms with Crippen molar-refractivity contribution in [1.82, 2.24) is 0 Å². The molecule has 0 saturated carbocycles. The molecular weight excluding hydrogens is 895 g/mol. The molecule has 0 aliphatic carbocycles. The third-order valence-corrected chi connectivity index (χ3v) is 10.2. The minimum Gasteiger partial charge on any atom is -0.426 e. The van der Waals surface area contributed by atoms with Crippen LogP contribution in [0.25, 0.3) is 0 Å². The third kappa shape index (κ3) is 16.0. The van der Waals surface area contributed by atoms with Gasteiger partial charge in [0, 0.05) is 75.6 Å². The number of Topliss-reactive ketones (excluding diaryl/α,β-unsaturated/α-hetero) is 2. The number of rotatable bonds is 24. The van der Waals surface area contributed by atoms with Crippen LogP contribution >= 0.6 is 7.82 Å². The van der Waals surface area contributed by atoms with Crippen molar-refractivity contribution in [2.45, 2.75) is 106 Å². The number of ketones is 2. The van der Waals surface area contributed by atoms with Crippen molar-refractivity contribution in [2.75, 3.05) is 0 Å². The van der Waals surface area contributed by atoms with Gasteiger partial charge in [-0.1, -0.05) is 65.8 Å². The summed E-state index contributed by atoms with van der Waals surface area (Å²) in [4.78, 5) is 111. The van der Waals surface area contributed by atoms with Crippen LogP contribution in [-0.4, -0.2) is 52.3 Å². The molecule has 0 fully saturated rings. The number of benzene rings is 4.